The first-order valence-electron chi connectivity index (χ1n) is 6.23. The van der Waals surface area contributed by atoms with Gasteiger partial charge in [0.25, 0.3) is 5.89 Å². The number of aromatic nitrogens is 2. The average molecular weight is 354 g/mol. The Morgan fingerprint density at radius 3 is 2.91 bits per heavy atom. The van der Waals surface area contributed by atoms with Gasteiger partial charge in [0.1, 0.15) is 0 Å². The van der Waals surface area contributed by atoms with Gasteiger partial charge in [-0.15, -0.1) is 16.4 Å². The molecule has 0 bridgehead atoms. The lowest BCUT2D eigenvalue weighted by molar-refractivity contribution is -0.115. The largest absolute Gasteiger partial charge is 0.403 e. The first kappa shape index (κ1) is 15.0. The Morgan fingerprint density at radius 2 is 2.14 bits per heavy atom. The van der Waals surface area contributed by atoms with Gasteiger partial charge in [-0.05, 0) is 29.6 Å². The number of halogens is 2. The molecule has 0 saturated carbocycles. The Kier molecular flexibility index (Phi) is 4.42. The summed E-state index contributed by atoms with van der Waals surface area (Å²) in [5, 5.41) is 13.1. The lowest BCUT2D eigenvalue weighted by Crippen LogP contribution is -2.13. The Bertz CT molecular complexity index is 802. The molecule has 1 aromatic carbocycles. The molecule has 1 N–H and O–H groups in total. The molecule has 0 atom stereocenters. The molecule has 0 spiro atoms. The number of hydrogen-bond donors (Lipinski definition) is 1. The summed E-state index contributed by atoms with van der Waals surface area (Å²) in [4.78, 5) is 12.8. The molecule has 0 radical (unpaired) electrons. The standard InChI is InChI=1S/C14H9Cl2N3O2S/c15-8-3-4-11(16)10(6-8)13-18-19-14(21-13)17-12(20)7-9-2-1-5-22-9/h1-6H,7H2,(H,17,19,20). The molecule has 2 heterocycles. The minimum atomic E-state index is -0.227. The van der Waals surface area contributed by atoms with Crippen molar-refractivity contribution in [2.24, 2.45) is 0 Å². The summed E-state index contributed by atoms with van der Waals surface area (Å²) in [6.45, 7) is 0. The van der Waals surface area contributed by atoms with Crippen molar-refractivity contribution in [3.63, 3.8) is 0 Å². The normalized spacial score (nSPS) is 10.6. The van der Waals surface area contributed by atoms with Crippen LogP contribution in [0, 0.1) is 0 Å². The Balaban J connectivity index is 1.73. The maximum atomic E-state index is 11.9. The molecule has 0 aliphatic heterocycles. The Hall–Kier alpha value is -1.89. The number of anilines is 1. The smallest absolute Gasteiger partial charge is 0.322 e. The predicted molar refractivity (Wildman–Crippen MR) is 86.4 cm³/mol. The van der Waals surface area contributed by atoms with Crippen LogP contribution in [0.25, 0.3) is 11.5 Å². The molecule has 0 aliphatic carbocycles. The van der Waals surface area contributed by atoms with E-state index in [0.717, 1.165) is 4.88 Å². The number of nitrogens with zero attached hydrogens (tertiary/aromatic N) is 2. The zero-order valence-corrected chi connectivity index (χ0v) is 13.4. The van der Waals surface area contributed by atoms with Crippen molar-refractivity contribution >= 4 is 46.5 Å². The van der Waals surface area contributed by atoms with Crippen molar-refractivity contribution in [3.8, 4) is 11.5 Å². The fourth-order valence-corrected chi connectivity index (χ4v) is 2.85. The molecular weight excluding hydrogens is 345 g/mol. The zero-order valence-electron chi connectivity index (χ0n) is 11.0. The summed E-state index contributed by atoms with van der Waals surface area (Å²) in [5.74, 6) is -0.0336. The summed E-state index contributed by atoms with van der Waals surface area (Å²) < 4.78 is 5.40. The molecule has 2 aromatic heterocycles. The lowest BCUT2D eigenvalue weighted by Gasteiger charge is -2.00. The third-order valence-corrected chi connectivity index (χ3v) is 4.19. The van der Waals surface area contributed by atoms with E-state index in [1.54, 1.807) is 18.2 Å². The number of hydrogen-bond acceptors (Lipinski definition) is 5. The van der Waals surface area contributed by atoms with Gasteiger partial charge < -0.3 is 4.42 Å². The van der Waals surface area contributed by atoms with E-state index < -0.39 is 0 Å². The van der Waals surface area contributed by atoms with Crippen molar-refractivity contribution in [1.29, 1.82) is 0 Å². The topological polar surface area (TPSA) is 68.0 Å². The van der Waals surface area contributed by atoms with E-state index in [4.69, 9.17) is 27.6 Å². The van der Waals surface area contributed by atoms with E-state index in [2.05, 4.69) is 15.5 Å². The zero-order chi connectivity index (χ0) is 15.5. The molecule has 1 amide bonds. The maximum Gasteiger partial charge on any atom is 0.322 e. The van der Waals surface area contributed by atoms with Crippen LogP contribution in [0.2, 0.25) is 10.0 Å². The van der Waals surface area contributed by atoms with Crippen molar-refractivity contribution < 1.29 is 9.21 Å². The molecule has 5 nitrogen and oxygen atoms in total. The van der Waals surface area contributed by atoms with Gasteiger partial charge in [0.2, 0.25) is 5.91 Å². The molecule has 3 aromatic rings. The monoisotopic (exact) mass is 353 g/mol. The van der Waals surface area contributed by atoms with Crippen LogP contribution < -0.4 is 5.32 Å². The van der Waals surface area contributed by atoms with Crippen LogP contribution in [0.3, 0.4) is 0 Å². The summed E-state index contributed by atoms with van der Waals surface area (Å²) >= 11 is 13.5. The van der Waals surface area contributed by atoms with Crippen LogP contribution in [-0.4, -0.2) is 16.1 Å². The second kappa shape index (κ2) is 6.48. The molecule has 3 rings (SSSR count). The number of rotatable bonds is 4. The number of thiophene rings is 1. The number of nitrogens with one attached hydrogen (secondary N) is 1. The number of carbonyl (C=O) groups is 1. The van der Waals surface area contributed by atoms with E-state index in [-0.39, 0.29) is 24.2 Å². The number of benzene rings is 1. The van der Waals surface area contributed by atoms with E-state index in [0.29, 0.717) is 15.6 Å². The van der Waals surface area contributed by atoms with Gasteiger partial charge >= 0.3 is 6.01 Å². The number of amides is 1. The highest BCUT2D eigenvalue weighted by Gasteiger charge is 2.14. The van der Waals surface area contributed by atoms with Crippen molar-refractivity contribution in [1.82, 2.24) is 10.2 Å². The van der Waals surface area contributed by atoms with Crippen LogP contribution in [0.1, 0.15) is 4.88 Å². The van der Waals surface area contributed by atoms with Crippen molar-refractivity contribution in [2.45, 2.75) is 6.42 Å². The highest BCUT2D eigenvalue weighted by molar-refractivity contribution is 7.10. The van der Waals surface area contributed by atoms with Crippen LogP contribution in [0.4, 0.5) is 6.01 Å². The fourth-order valence-electron chi connectivity index (χ4n) is 1.78. The third-order valence-electron chi connectivity index (χ3n) is 2.75. The fraction of sp³-hybridized carbons (Fsp3) is 0.0714. The molecule has 22 heavy (non-hydrogen) atoms. The van der Waals surface area contributed by atoms with E-state index in [9.17, 15) is 4.79 Å². The lowest BCUT2D eigenvalue weighted by atomic mass is 10.2. The van der Waals surface area contributed by atoms with Gasteiger partial charge in [-0.2, -0.15) is 0 Å². The van der Waals surface area contributed by atoms with Crippen molar-refractivity contribution in [3.05, 3.63) is 50.6 Å². The first-order chi connectivity index (χ1) is 10.6. The Labute approximate surface area is 139 Å². The molecule has 112 valence electrons. The molecular formula is C14H9Cl2N3O2S. The highest BCUT2D eigenvalue weighted by atomic mass is 35.5. The first-order valence-corrected chi connectivity index (χ1v) is 7.86. The third kappa shape index (κ3) is 3.47. The van der Waals surface area contributed by atoms with Gasteiger partial charge in [-0.25, -0.2) is 0 Å². The van der Waals surface area contributed by atoms with Gasteiger partial charge in [0.15, 0.2) is 0 Å². The van der Waals surface area contributed by atoms with Gasteiger partial charge in [0, 0.05) is 9.90 Å². The summed E-state index contributed by atoms with van der Waals surface area (Å²) in [6, 6.07) is 8.71. The maximum absolute atomic E-state index is 11.9. The summed E-state index contributed by atoms with van der Waals surface area (Å²) in [7, 11) is 0. The molecule has 0 fully saturated rings. The van der Waals surface area contributed by atoms with E-state index in [1.807, 2.05) is 17.5 Å². The Morgan fingerprint density at radius 1 is 1.27 bits per heavy atom. The SMILES string of the molecule is O=C(Cc1cccs1)Nc1nnc(-c2cc(Cl)ccc2Cl)o1. The van der Waals surface area contributed by atoms with E-state index >= 15 is 0 Å². The van der Waals surface area contributed by atoms with Crippen LogP contribution in [-0.2, 0) is 11.2 Å². The molecule has 0 aliphatic rings. The summed E-state index contributed by atoms with van der Waals surface area (Å²) in [6.07, 6.45) is 0.257. The van der Waals surface area contributed by atoms with Crippen LogP contribution in [0.15, 0.2) is 40.1 Å². The second-order valence-electron chi connectivity index (χ2n) is 4.34. The quantitative estimate of drug-likeness (QED) is 0.759. The minimum Gasteiger partial charge on any atom is -0.403 e. The van der Waals surface area contributed by atoms with E-state index in [1.165, 1.54) is 11.3 Å². The average Bonchev–Trinajstić information content (AvgIpc) is 3.13. The van der Waals surface area contributed by atoms with Gasteiger partial charge in [0.05, 0.1) is 17.0 Å². The van der Waals surface area contributed by atoms with Crippen LogP contribution in [0.5, 0.6) is 0 Å². The predicted octanol–water partition coefficient (Wildman–Crippen LogP) is 4.29. The van der Waals surface area contributed by atoms with Gasteiger partial charge in [-0.3, -0.25) is 10.1 Å². The van der Waals surface area contributed by atoms with Gasteiger partial charge in [-0.1, -0.05) is 34.4 Å². The number of carbonyl (C=O) groups excluding carboxylic acids is 1. The van der Waals surface area contributed by atoms with Crippen molar-refractivity contribution in [2.75, 3.05) is 5.32 Å². The second-order valence-corrected chi connectivity index (χ2v) is 6.22. The molecule has 0 unspecified atom stereocenters. The molecule has 8 heteroatoms. The van der Waals surface area contributed by atoms with Crippen LogP contribution >= 0.6 is 34.5 Å². The molecule has 0 saturated heterocycles. The minimum absolute atomic E-state index is 0.0209. The summed E-state index contributed by atoms with van der Waals surface area (Å²) in [5.41, 5.74) is 0.514. The highest BCUT2D eigenvalue weighted by Crippen LogP contribution is 2.30.